The number of rotatable bonds is 4. The van der Waals surface area contributed by atoms with Gasteiger partial charge in [0.2, 0.25) is 0 Å². The van der Waals surface area contributed by atoms with E-state index < -0.39 is 0 Å². The molecule has 0 spiro atoms. The summed E-state index contributed by atoms with van der Waals surface area (Å²) in [5.41, 5.74) is 2.42. The lowest BCUT2D eigenvalue weighted by atomic mass is 9.47. The maximum atomic E-state index is 11.7. The molecule has 0 radical (unpaired) electrons. The summed E-state index contributed by atoms with van der Waals surface area (Å²) < 4.78 is 5.03. The van der Waals surface area contributed by atoms with Crippen LogP contribution < -0.4 is 0 Å². The number of esters is 1. The van der Waals surface area contributed by atoms with Crippen LogP contribution in [0.4, 0.5) is 0 Å². The number of aliphatic hydroxyl groups excluding tert-OH is 1. The van der Waals surface area contributed by atoms with Crippen molar-refractivity contribution in [3.8, 4) is 0 Å². The van der Waals surface area contributed by atoms with E-state index in [1.807, 2.05) is 6.08 Å². The van der Waals surface area contributed by atoms with Gasteiger partial charge >= 0.3 is 5.97 Å². The second kappa shape index (κ2) is 6.08. The highest BCUT2D eigenvalue weighted by atomic mass is 16.5. The third-order valence-electron chi connectivity index (χ3n) is 7.01. The van der Waals surface area contributed by atoms with Crippen molar-refractivity contribution in [3.63, 3.8) is 0 Å². The molecule has 4 atom stereocenters. The number of aliphatic hydroxyl groups is 1. The highest BCUT2D eigenvalue weighted by molar-refractivity contribution is 5.90. The Morgan fingerprint density at radius 2 is 2.17 bits per heavy atom. The van der Waals surface area contributed by atoms with Crippen LogP contribution in [0.5, 0.6) is 0 Å². The van der Waals surface area contributed by atoms with Crippen LogP contribution in [0.2, 0.25) is 0 Å². The van der Waals surface area contributed by atoms with Crippen LogP contribution in [0.1, 0.15) is 58.8 Å². The fourth-order valence-electron chi connectivity index (χ4n) is 5.70. The van der Waals surface area contributed by atoms with Crippen molar-refractivity contribution in [2.24, 2.45) is 22.7 Å². The summed E-state index contributed by atoms with van der Waals surface area (Å²) in [6, 6.07) is 0. The standard InChI is InChI=1S/C20H30O3/c1-14-5-8-17-19(2,13-21)10-4-11-20(17,3)16(14)7-6-15-9-12-23-18(15)22/h9,16-17,21H,1,4-8,10-13H2,2-3H3/t16-,17?,19+,20+/m1/s1. The summed E-state index contributed by atoms with van der Waals surface area (Å²) in [5.74, 6) is 0.854. The van der Waals surface area contributed by atoms with Gasteiger partial charge in [0, 0.05) is 12.2 Å². The van der Waals surface area contributed by atoms with E-state index in [0.29, 0.717) is 18.4 Å². The molecule has 2 fully saturated rings. The molecule has 1 N–H and O–H groups in total. The Kier molecular flexibility index (Phi) is 4.43. The number of ether oxygens (including phenoxy) is 1. The SMILES string of the molecule is C=C1CCC2[C@](C)(CO)CCC[C@@]2(C)[C@@H]1CCC1=CCOC1=O. The lowest BCUT2D eigenvalue weighted by Crippen LogP contribution is -2.51. The first-order chi connectivity index (χ1) is 10.9. The molecule has 0 bridgehead atoms. The van der Waals surface area contributed by atoms with E-state index in [-0.39, 0.29) is 23.4 Å². The summed E-state index contributed by atoms with van der Waals surface area (Å²) in [7, 11) is 0. The Hall–Kier alpha value is -1.09. The normalized spacial score (nSPS) is 40.6. The van der Waals surface area contributed by atoms with Gasteiger partial charge in [0.1, 0.15) is 6.61 Å². The summed E-state index contributed by atoms with van der Waals surface area (Å²) in [6.45, 7) is 9.75. The van der Waals surface area contributed by atoms with E-state index in [2.05, 4.69) is 20.4 Å². The number of fused-ring (bicyclic) bond motifs is 1. The summed E-state index contributed by atoms with van der Waals surface area (Å²) in [6.07, 6.45) is 9.42. The zero-order valence-corrected chi connectivity index (χ0v) is 14.6. The molecule has 1 unspecified atom stereocenters. The van der Waals surface area contributed by atoms with E-state index >= 15 is 0 Å². The third kappa shape index (κ3) is 2.77. The van der Waals surface area contributed by atoms with Crippen molar-refractivity contribution >= 4 is 5.97 Å². The molecule has 2 aliphatic carbocycles. The van der Waals surface area contributed by atoms with Crippen LogP contribution in [0.3, 0.4) is 0 Å². The van der Waals surface area contributed by atoms with Gasteiger partial charge in [-0.15, -0.1) is 0 Å². The Balaban J connectivity index is 1.80. The van der Waals surface area contributed by atoms with Gasteiger partial charge < -0.3 is 9.84 Å². The number of carbonyl (C=O) groups excluding carboxylic acids is 1. The smallest absolute Gasteiger partial charge is 0.334 e. The van der Waals surface area contributed by atoms with Gasteiger partial charge in [-0.3, -0.25) is 0 Å². The second-order valence-electron chi connectivity index (χ2n) is 8.34. The van der Waals surface area contributed by atoms with Crippen LogP contribution in [-0.2, 0) is 9.53 Å². The number of hydrogen-bond acceptors (Lipinski definition) is 3. The van der Waals surface area contributed by atoms with Gasteiger partial charge in [0.15, 0.2) is 0 Å². The molecule has 1 heterocycles. The Morgan fingerprint density at radius 1 is 1.39 bits per heavy atom. The first kappa shape index (κ1) is 16.8. The van der Waals surface area contributed by atoms with E-state index in [1.54, 1.807) is 0 Å². The highest BCUT2D eigenvalue weighted by Crippen LogP contribution is 2.61. The third-order valence-corrected chi connectivity index (χ3v) is 7.01. The van der Waals surface area contributed by atoms with Crippen LogP contribution in [0.25, 0.3) is 0 Å². The van der Waals surface area contributed by atoms with E-state index in [1.165, 1.54) is 18.4 Å². The molecule has 3 aliphatic rings. The summed E-state index contributed by atoms with van der Waals surface area (Å²) >= 11 is 0. The van der Waals surface area contributed by atoms with E-state index in [0.717, 1.165) is 37.7 Å². The average Bonchev–Trinajstić information content (AvgIpc) is 2.91. The first-order valence-corrected chi connectivity index (χ1v) is 9.05. The summed E-state index contributed by atoms with van der Waals surface area (Å²) in [5, 5.41) is 10.0. The monoisotopic (exact) mass is 318 g/mol. The molecule has 0 aromatic rings. The lowest BCUT2D eigenvalue weighted by molar-refractivity contribution is -0.136. The van der Waals surface area contributed by atoms with Gasteiger partial charge in [-0.1, -0.05) is 32.4 Å². The van der Waals surface area contributed by atoms with Crippen molar-refractivity contribution in [2.75, 3.05) is 13.2 Å². The van der Waals surface area contributed by atoms with Crippen LogP contribution in [0.15, 0.2) is 23.8 Å². The van der Waals surface area contributed by atoms with E-state index in [9.17, 15) is 9.90 Å². The number of allylic oxidation sites excluding steroid dienone is 1. The van der Waals surface area contributed by atoms with Gasteiger partial charge in [-0.05, 0) is 67.3 Å². The number of cyclic esters (lactones) is 1. The van der Waals surface area contributed by atoms with Gasteiger partial charge in [-0.2, -0.15) is 0 Å². The molecule has 0 aromatic carbocycles. The van der Waals surface area contributed by atoms with Crippen LogP contribution >= 0.6 is 0 Å². The minimum absolute atomic E-state index is 0.0392. The first-order valence-electron chi connectivity index (χ1n) is 9.05. The Labute approximate surface area is 139 Å². The molecule has 0 aromatic heterocycles. The molecule has 2 saturated carbocycles. The van der Waals surface area contributed by atoms with Crippen LogP contribution in [-0.4, -0.2) is 24.3 Å². The largest absolute Gasteiger partial charge is 0.458 e. The quantitative estimate of drug-likeness (QED) is 0.629. The zero-order valence-electron chi connectivity index (χ0n) is 14.6. The fourth-order valence-corrected chi connectivity index (χ4v) is 5.70. The molecule has 1 aliphatic heterocycles. The fraction of sp³-hybridized carbons (Fsp3) is 0.750. The van der Waals surface area contributed by atoms with Crippen molar-refractivity contribution in [1.82, 2.24) is 0 Å². The summed E-state index contributed by atoms with van der Waals surface area (Å²) in [4.78, 5) is 11.7. The van der Waals surface area contributed by atoms with Crippen molar-refractivity contribution in [2.45, 2.75) is 58.8 Å². The predicted molar refractivity (Wildman–Crippen MR) is 90.8 cm³/mol. The maximum Gasteiger partial charge on any atom is 0.334 e. The van der Waals surface area contributed by atoms with Crippen molar-refractivity contribution < 1.29 is 14.6 Å². The van der Waals surface area contributed by atoms with Crippen molar-refractivity contribution in [1.29, 1.82) is 0 Å². The Bertz CT molecular complexity index is 535. The minimum atomic E-state index is -0.142. The van der Waals surface area contributed by atoms with Gasteiger partial charge in [0.25, 0.3) is 0 Å². The topological polar surface area (TPSA) is 46.5 Å². The average molecular weight is 318 g/mol. The molecule has 0 saturated heterocycles. The number of hydrogen-bond donors (Lipinski definition) is 1. The molecular weight excluding hydrogens is 288 g/mol. The molecule has 3 rings (SSSR count). The predicted octanol–water partition coefficient (Wildman–Crippen LogP) is 4.02. The molecule has 23 heavy (non-hydrogen) atoms. The zero-order chi connectivity index (χ0) is 16.7. The lowest BCUT2D eigenvalue weighted by Gasteiger charge is -2.58. The van der Waals surface area contributed by atoms with Crippen molar-refractivity contribution in [3.05, 3.63) is 23.8 Å². The maximum absolute atomic E-state index is 11.7. The molecule has 0 amide bonds. The molecular formula is C20H30O3. The molecule has 3 nitrogen and oxygen atoms in total. The van der Waals surface area contributed by atoms with Gasteiger partial charge in [-0.25, -0.2) is 4.79 Å². The molecule has 3 heteroatoms. The molecule has 128 valence electrons. The highest BCUT2D eigenvalue weighted by Gasteiger charge is 2.54. The second-order valence-corrected chi connectivity index (χ2v) is 8.34. The minimum Gasteiger partial charge on any atom is -0.458 e. The Morgan fingerprint density at radius 3 is 2.83 bits per heavy atom. The number of carbonyl (C=O) groups is 1. The van der Waals surface area contributed by atoms with Crippen LogP contribution in [0, 0.1) is 22.7 Å². The van der Waals surface area contributed by atoms with E-state index in [4.69, 9.17) is 4.74 Å². The van der Waals surface area contributed by atoms with Gasteiger partial charge in [0.05, 0.1) is 0 Å².